The monoisotopic (exact) mass is 269 g/mol. The number of hydrogen-bond donors (Lipinski definition) is 2. The minimum Gasteiger partial charge on any atom is -0.478 e. The first kappa shape index (κ1) is 14.1. The fourth-order valence-corrected chi connectivity index (χ4v) is 2.09. The third kappa shape index (κ3) is 3.38. The van der Waals surface area contributed by atoms with Crippen molar-refractivity contribution >= 4 is 11.7 Å². The predicted octanol–water partition coefficient (Wildman–Crippen LogP) is 4.12. The number of carboxylic acids is 1. The summed E-state index contributed by atoms with van der Waals surface area (Å²) in [4.78, 5) is 11.1. The van der Waals surface area contributed by atoms with Crippen molar-refractivity contribution in [1.29, 1.82) is 0 Å². The molecule has 2 aromatic rings. The average molecular weight is 269 g/mol. The van der Waals surface area contributed by atoms with E-state index in [2.05, 4.69) is 31.3 Å². The van der Waals surface area contributed by atoms with E-state index in [1.807, 2.05) is 24.3 Å². The Hall–Kier alpha value is -2.29. The average Bonchev–Trinajstić information content (AvgIpc) is 2.45. The smallest absolute Gasteiger partial charge is 0.336 e. The third-order valence-electron chi connectivity index (χ3n) is 3.28. The van der Waals surface area contributed by atoms with Crippen molar-refractivity contribution in [3.8, 4) is 0 Å². The highest BCUT2D eigenvalue weighted by Gasteiger charge is 2.08. The summed E-state index contributed by atoms with van der Waals surface area (Å²) in [7, 11) is 0. The van der Waals surface area contributed by atoms with E-state index >= 15 is 0 Å². The molecule has 20 heavy (non-hydrogen) atoms. The molecule has 0 spiro atoms. The zero-order valence-electron chi connectivity index (χ0n) is 11.8. The highest BCUT2D eigenvalue weighted by molar-refractivity contribution is 5.89. The number of anilines is 1. The summed E-state index contributed by atoms with van der Waals surface area (Å²) in [5, 5.41) is 12.4. The second-order valence-corrected chi connectivity index (χ2v) is 5.10. The van der Waals surface area contributed by atoms with Gasteiger partial charge in [0.25, 0.3) is 0 Å². The van der Waals surface area contributed by atoms with Crippen LogP contribution in [0, 0.1) is 0 Å². The molecule has 0 aliphatic carbocycles. The second kappa shape index (κ2) is 6.24. The first-order valence-electron chi connectivity index (χ1n) is 6.73. The molecular formula is C17H19NO2. The lowest BCUT2D eigenvalue weighted by atomic mass is 10.0. The van der Waals surface area contributed by atoms with Gasteiger partial charge in [-0.2, -0.15) is 0 Å². The van der Waals surface area contributed by atoms with Crippen LogP contribution in [0.25, 0.3) is 0 Å². The molecule has 0 atom stereocenters. The number of carbonyl (C=O) groups is 1. The number of rotatable bonds is 5. The number of benzene rings is 2. The lowest BCUT2D eigenvalue weighted by Crippen LogP contribution is -2.07. The lowest BCUT2D eigenvalue weighted by Gasteiger charge is -2.11. The fraction of sp³-hybridized carbons (Fsp3) is 0.235. The molecule has 0 aliphatic heterocycles. The van der Waals surface area contributed by atoms with Crippen molar-refractivity contribution < 1.29 is 9.90 Å². The van der Waals surface area contributed by atoms with Gasteiger partial charge in [0, 0.05) is 12.2 Å². The van der Waals surface area contributed by atoms with Crippen molar-refractivity contribution in [3.63, 3.8) is 0 Å². The molecule has 2 rings (SSSR count). The molecule has 2 aromatic carbocycles. The molecular weight excluding hydrogens is 250 g/mol. The predicted molar refractivity (Wildman–Crippen MR) is 81.3 cm³/mol. The molecule has 0 unspecified atom stereocenters. The molecule has 0 aromatic heterocycles. The van der Waals surface area contributed by atoms with Gasteiger partial charge in [-0.05, 0) is 35.2 Å². The van der Waals surface area contributed by atoms with Crippen LogP contribution < -0.4 is 5.32 Å². The van der Waals surface area contributed by atoms with Gasteiger partial charge in [0.05, 0.1) is 5.56 Å². The quantitative estimate of drug-likeness (QED) is 0.858. The second-order valence-electron chi connectivity index (χ2n) is 5.10. The van der Waals surface area contributed by atoms with E-state index in [-0.39, 0.29) is 0 Å². The van der Waals surface area contributed by atoms with Crippen molar-refractivity contribution in [2.24, 2.45) is 0 Å². The molecule has 3 nitrogen and oxygen atoms in total. The Morgan fingerprint density at radius 3 is 2.60 bits per heavy atom. The molecule has 0 amide bonds. The number of nitrogens with one attached hydrogen (secondary N) is 1. The summed E-state index contributed by atoms with van der Waals surface area (Å²) in [5.74, 6) is -0.415. The van der Waals surface area contributed by atoms with Crippen molar-refractivity contribution in [1.82, 2.24) is 0 Å². The fourth-order valence-electron chi connectivity index (χ4n) is 2.09. The minimum absolute atomic E-state index is 0.347. The number of hydrogen-bond acceptors (Lipinski definition) is 2. The normalized spacial score (nSPS) is 10.6. The van der Waals surface area contributed by atoms with Gasteiger partial charge in [0.1, 0.15) is 0 Å². The first-order chi connectivity index (χ1) is 9.58. The van der Waals surface area contributed by atoms with Crippen LogP contribution in [0.1, 0.15) is 41.3 Å². The Morgan fingerprint density at radius 2 is 1.90 bits per heavy atom. The van der Waals surface area contributed by atoms with E-state index in [1.54, 1.807) is 12.1 Å². The Labute approximate surface area is 119 Å². The SMILES string of the molecule is CC(C)c1cccc(NCc2ccccc2C(=O)O)c1. The first-order valence-corrected chi connectivity index (χ1v) is 6.73. The van der Waals surface area contributed by atoms with Crippen LogP contribution in [0.3, 0.4) is 0 Å². The van der Waals surface area contributed by atoms with Gasteiger partial charge in [0.15, 0.2) is 0 Å². The van der Waals surface area contributed by atoms with E-state index < -0.39 is 5.97 Å². The van der Waals surface area contributed by atoms with Crippen LogP contribution in [0.5, 0.6) is 0 Å². The van der Waals surface area contributed by atoms with Gasteiger partial charge < -0.3 is 10.4 Å². The topological polar surface area (TPSA) is 49.3 Å². The number of aromatic carboxylic acids is 1. The van der Waals surface area contributed by atoms with Gasteiger partial charge in [-0.1, -0.05) is 44.2 Å². The van der Waals surface area contributed by atoms with Crippen LogP contribution in [0.4, 0.5) is 5.69 Å². The van der Waals surface area contributed by atoms with Gasteiger partial charge in [-0.15, -0.1) is 0 Å². The summed E-state index contributed by atoms with van der Waals surface area (Å²) in [6.07, 6.45) is 0. The Kier molecular flexibility index (Phi) is 4.41. The van der Waals surface area contributed by atoms with Crippen LogP contribution in [0.15, 0.2) is 48.5 Å². The highest BCUT2D eigenvalue weighted by atomic mass is 16.4. The van der Waals surface area contributed by atoms with E-state index in [0.717, 1.165) is 11.3 Å². The zero-order chi connectivity index (χ0) is 14.5. The van der Waals surface area contributed by atoms with Gasteiger partial charge in [-0.25, -0.2) is 4.79 Å². The summed E-state index contributed by atoms with van der Waals surface area (Å²) in [6.45, 7) is 4.81. The third-order valence-corrected chi connectivity index (χ3v) is 3.28. The van der Waals surface area contributed by atoms with Crippen molar-refractivity contribution in [2.75, 3.05) is 5.32 Å². The standard InChI is InChI=1S/C17H19NO2/c1-12(2)13-7-5-8-15(10-13)18-11-14-6-3-4-9-16(14)17(19)20/h3-10,12,18H,11H2,1-2H3,(H,19,20). The highest BCUT2D eigenvalue weighted by Crippen LogP contribution is 2.19. The van der Waals surface area contributed by atoms with Crippen molar-refractivity contribution in [3.05, 3.63) is 65.2 Å². The molecule has 0 fully saturated rings. The van der Waals surface area contributed by atoms with Crippen LogP contribution in [-0.4, -0.2) is 11.1 Å². The molecule has 0 saturated heterocycles. The van der Waals surface area contributed by atoms with Gasteiger partial charge in [-0.3, -0.25) is 0 Å². The molecule has 2 N–H and O–H groups in total. The maximum atomic E-state index is 11.1. The maximum absolute atomic E-state index is 11.1. The zero-order valence-corrected chi connectivity index (χ0v) is 11.8. The van der Waals surface area contributed by atoms with Crippen LogP contribution >= 0.6 is 0 Å². The Bertz CT molecular complexity index is 605. The maximum Gasteiger partial charge on any atom is 0.336 e. The van der Waals surface area contributed by atoms with E-state index in [1.165, 1.54) is 5.56 Å². The molecule has 0 saturated carbocycles. The summed E-state index contributed by atoms with van der Waals surface area (Å²) in [5.41, 5.74) is 3.41. The largest absolute Gasteiger partial charge is 0.478 e. The number of carboxylic acid groups (broad SMARTS) is 1. The molecule has 0 bridgehead atoms. The van der Waals surface area contributed by atoms with E-state index in [4.69, 9.17) is 5.11 Å². The van der Waals surface area contributed by atoms with E-state index in [0.29, 0.717) is 18.0 Å². The van der Waals surface area contributed by atoms with Gasteiger partial charge in [0.2, 0.25) is 0 Å². The van der Waals surface area contributed by atoms with Crippen LogP contribution in [0.2, 0.25) is 0 Å². The van der Waals surface area contributed by atoms with Gasteiger partial charge >= 0.3 is 5.97 Å². The molecule has 3 heteroatoms. The molecule has 104 valence electrons. The molecule has 0 aliphatic rings. The minimum atomic E-state index is -0.890. The van der Waals surface area contributed by atoms with E-state index in [9.17, 15) is 4.79 Å². The molecule has 0 heterocycles. The van der Waals surface area contributed by atoms with Crippen LogP contribution in [-0.2, 0) is 6.54 Å². The molecule has 0 radical (unpaired) electrons. The summed E-state index contributed by atoms with van der Waals surface area (Å²) < 4.78 is 0. The lowest BCUT2D eigenvalue weighted by molar-refractivity contribution is 0.0696. The Balaban J connectivity index is 2.13. The Morgan fingerprint density at radius 1 is 1.15 bits per heavy atom. The van der Waals surface area contributed by atoms with Crippen molar-refractivity contribution in [2.45, 2.75) is 26.3 Å². The summed E-state index contributed by atoms with van der Waals surface area (Å²) >= 11 is 0. The summed E-state index contributed by atoms with van der Waals surface area (Å²) in [6, 6.07) is 15.3.